The number of carbonyl (C=O) groups is 2. The smallest absolute Gasteiger partial charge is 0.227 e. The van der Waals surface area contributed by atoms with E-state index in [9.17, 15) is 9.59 Å². The summed E-state index contributed by atoms with van der Waals surface area (Å²) in [6, 6.07) is 0.230. The van der Waals surface area contributed by atoms with E-state index in [0.29, 0.717) is 18.1 Å². The van der Waals surface area contributed by atoms with E-state index >= 15 is 0 Å². The average molecular weight is 337 g/mol. The number of anilines is 1. The third-order valence-corrected chi connectivity index (χ3v) is 5.43. The zero-order valence-electron chi connectivity index (χ0n) is 13.4. The average Bonchev–Trinajstić information content (AvgIpc) is 2.81. The van der Waals surface area contributed by atoms with Crippen molar-refractivity contribution in [3.8, 4) is 0 Å². The van der Waals surface area contributed by atoms with Crippen molar-refractivity contribution in [2.45, 2.75) is 45.1 Å². The first-order chi connectivity index (χ1) is 11.1. The number of likely N-dealkylation sites (tertiary alicyclic amines) is 1. The van der Waals surface area contributed by atoms with Gasteiger partial charge in [0, 0.05) is 32.1 Å². The molecule has 2 fully saturated rings. The van der Waals surface area contributed by atoms with Gasteiger partial charge >= 0.3 is 0 Å². The number of carbonyl (C=O) groups excluding carboxylic acids is 2. The van der Waals surface area contributed by atoms with Crippen molar-refractivity contribution in [3.63, 3.8) is 0 Å². The van der Waals surface area contributed by atoms with E-state index < -0.39 is 0 Å². The summed E-state index contributed by atoms with van der Waals surface area (Å²) in [6.45, 7) is 4.29. The Bertz CT molecular complexity index is 576. The van der Waals surface area contributed by atoms with Crippen molar-refractivity contribution >= 4 is 28.3 Å². The van der Waals surface area contributed by atoms with Crippen molar-refractivity contribution in [1.29, 1.82) is 0 Å². The highest BCUT2D eigenvalue weighted by molar-refractivity contribution is 7.15. The molecule has 0 aliphatic carbocycles. The Kier molecular flexibility index (Phi) is 5.22. The Labute approximate surface area is 139 Å². The normalized spacial score (nSPS) is 24.8. The summed E-state index contributed by atoms with van der Waals surface area (Å²) in [7, 11) is 0. The number of hydrogen-bond acceptors (Lipinski definition) is 6. The largest absolute Gasteiger partial charge is 0.352 e. The number of hydrogen-bond donors (Lipinski definition) is 2. The van der Waals surface area contributed by atoms with Crippen molar-refractivity contribution in [1.82, 2.24) is 20.4 Å². The molecule has 2 aliphatic heterocycles. The Morgan fingerprint density at radius 1 is 1.39 bits per heavy atom. The molecule has 8 heteroatoms. The van der Waals surface area contributed by atoms with Gasteiger partial charge in [-0.1, -0.05) is 24.7 Å². The second-order valence-corrected chi connectivity index (χ2v) is 7.31. The summed E-state index contributed by atoms with van der Waals surface area (Å²) in [5.41, 5.74) is 0. The van der Waals surface area contributed by atoms with Crippen molar-refractivity contribution < 1.29 is 9.59 Å². The molecular formula is C15H23N5O2S. The van der Waals surface area contributed by atoms with Gasteiger partial charge < -0.3 is 10.6 Å². The monoisotopic (exact) mass is 337 g/mol. The fourth-order valence-corrected chi connectivity index (χ4v) is 3.91. The fourth-order valence-electron chi connectivity index (χ4n) is 3.21. The number of rotatable bonds is 5. The van der Waals surface area contributed by atoms with E-state index in [1.54, 1.807) is 0 Å². The van der Waals surface area contributed by atoms with Crippen molar-refractivity contribution in [2.24, 2.45) is 5.92 Å². The van der Waals surface area contributed by atoms with Crippen LogP contribution < -0.4 is 10.6 Å². The van der Waals surface area contributed by atoms with Crippen LogP contribution in [0.5, 0.6) is 0 Å². The molecule has 0 radical (unpaired) electrons. The van der Waals surface area contributed by atoms with Gasteiger partial charge in [-0.25, -0.2) is 0 Å². The molecule has 126 valence electrons. The molecule has 2 amide bonds. The summed E-state index contributed by atoms with van der Waals surface area (Å²) < 4.78 is 0. The molecular weight excluding hydrogens is 314 g/mol. The molecule has 1 aromatic heterocycles. The third-order valence-electron chi connectivity index (χ3n) is 4.45. The highest BCUT2D eigenvalue weighted by Crippen LogP contribution is 2.22. The number of nitrogens with one attached hydrogen (secondary N) is 2. The molecule has 23 heavy (non-hydrogen) atoms. The lowest BCUT2D eigenvalue weighted by Crippen LogP contribution is -2.39. The van der Waals surface area contributed by atoms with Crippen LogP contribution in [-0.4, -0.2) is 52.6 Å². The fraction of sp³-hybridized carbons (Fsp3) is 0.733. The first-order valence-electron chi connectivity index (χ1n) is 8.29. The van der Waals surface area contributed by atoms with Crippen LogP contribution in [-0.2, 0) is 16.0 Å². The minimum atomic E-state index is -0.0440. The molecule has 2 N–H and O–H groups in total. The van der Waals surface area contributed by atoms with E-state index in [1.165, 1.54) is 11.3 Å². The van der Waals surface area contributed by atoms with E-state index in [0.717, 1.165) is 43.8 Å². The van der Waals surface area contributed by atoms with E-state index in [4.69, 9.17) is 0 Å². The number of fused-ring (bicyclic) bond motifs is 3. The molecule has 2 saturated heterocycles. The summed E-state index contributed by atoms with van der Waals surface area (Å²) in [5.74, 6) is 0.207. The zero-order chi connectivity index (χ0) is 16.2. The van der Waals surface area contributed by atoms with Gasteiger partial charge in [0.2, 0.25) is 16.9 Å². The van der Waals surface area contributed by atoms with Crippen molar-refractivity contribution in [3.05, 3.63) is 5.01 Å². The topological polar surface area (TPSA) is 87.2 Å². The van der Waals surface area contributed by atoms with Gasteiger partial charge in [-0.3, -0.25) is 14.5 Å². The van der Waals surface area contributed by atoms with Gasteiger partial charge in [-0.15, -0.1) is 10.2 Å². The lowest BCUT2D eigenvalue weighted by Gasteiger charge is -2.26. The predicted octanol–water partition coefficient (Wildman–Crippen LogP) is 1.03. The van der Waals surface area contributed by atoms with Crippen LogP contribution in [0.25, 0.3) is 0 Å². The van der Waals surface area contributed by atoms with E-state index in [1.807, 2.05) is 6.92 Å². The second kappa shape index (κ2) is 7.35. The van der Waals surface area contributed by atoms with Crippen molar-refractivity contribution in [2.75, 3.05) is 25.0 Å². The molecule has 1 aromatic rings. The van der Waals surface area contributed by atoms with Crippen LogP contribution in [0.3, 0.4) is 0 Å². The number of nitrogens with zero attached hydrogens (tertiary/aromatic N) is 3. The summed E-state index contributed by atoms with van der Waals surface area (Å²) >= 11 is 1.42. The van der Waals surface area contributed by atoms with E-state index in [2.05, 4.69) is 25.7 Å². The number of aryl methyl sites for hydroxylation is 1. The summed E-state index contributed by atoms with van der Waals surface area (Å²) in [6.07, 6.45) is 4.34. The maximum absolute atomic E-state index is 12.1. The van der Waals surface area contributed by atoms with Gasteiger partial charge in [0.15, 0.2) is 0 Å². The molecule has 3 heterocycles. The van der Waals surface area contributed by atoms with Crippen LogP contribution >= 0.6 is 11.3 Å². The van der Waals surface area contributed by atoms with Gasteiger partial charge in [-0.2, -0.15) is 0 Å². The Balaban J connectivity index is 1.49. The lowest BCUT2D eigenvalue weighted by molar-refractivity contribution is -0.124. The quantitative estimate of drug-likeness (QED) is 0.838. The minimum absolute atomic E-state index is 0.0440. The number of aromatic nitrogens is 2. The molecule has 2 bridgehead atoms. The number of amides is 2. The van der Waals surface area contributed by atoms with Crippen LogP contribution in [0.4, 0.5) is 5.13 Å². The van der Waals surface area contributed by atoms with Gasteiger partial charge in [0.1, 0.15) is 5.01 Å². The minimum Gasteiger partial charge on any atom is -0.352 e. The van der Waals surface area contributed by atoms with Gasteiger partial charge in [0.25, 0.3) is 0 Å². The Morgan fingerprint density at radius 2 is 2.26 bits per heavy atom. The standard InChI is InChI=1S/C15H23N5O2S/c1-2-13-18-19-15(23-13)17-12(21)6-7-20-8-10-4-3-5-11(9-20)16-14(10)22/h10-11H,2-9H2,1H3,(H,16,22)(H,17,19,21)/t10-,11+/m1/s1. The highest BCUT2D eigenvalue weighted by atomic mass is 32.1. The summed E-state index contributed by atoms with van der Waals surface area (Å²) in [4.78, 5) is 26.3. The maximum Gasteiger partial charge on any atom is 0.227 e. The van der Waals surface area contributed by atoms with Crippen LogP contribution in [0, 0.1) is 5.92 Å². The lowest BCUT2D eigenvalue weighted by atomic mass is 9.99. The molecule has 0 unspecified atom stereocenters. The molecule has 0 aromatic carbocycles. The predicted molar refractivity (Wildman–Crippen MR) is 88.2 cm³/mol. The van der Waals surface area contributed by atoms with Crippen LogP contribution in [0.1, 0.15) is 37.6 Å². The second-order valence-electron chi connectivity index (χ2n) is 6.25. The van der Waals surface area contributed by atoms with Gasteiger partial charge in [-0.05, 0) is 19.3 Å². The first kappa shape index (κ1) is 16.3. The van der Waals surface area contributed by atoms with Gasteiger partial charge in [0.05, 0.1) is 5.92 Å². The maximum atomic E-state index is 12.1. The summed E-state index contributed by atoms with van der Waals surface area (Å²) in [5, 5.41) is 15.4. The molecule has 7 nitrogen and oxygen atoms in total. The van der Waals surface area contributed by atoms with E-state index in [-0.39, 0.29) is 23.8 Å². The third kappa shape index (κ3) is 4.26. The molecule has 2 atom stereocenters. The van der Waals surface area contributed by atoms with Crippen LogP contribution in [0.2, 0.25) is 0 Å². The molecule has 3 rings (SSSR count). The Morgan fingerprint density at radius 3 is 3.04 bits per heavy atom. The molecule has 2 aliphatic rings. The SMILES string of the molecule is CCc1nnc(NC(=O)CCN2C[C@@H]3CCC[C@H](C2)C(=O)N3)s1. The molecule has 0 spiro atoms. The zero-order valence-corrected chi connectivity index (χ0v) is 14.2. The first-order valence-corrected chi connectivity index (χ1v) is 9.10. The molecule has 0 saturated carbocycles. The Hall–Kier alpha value is -1.54. The van der Waals surface area contributed by atoms with Crippen LogP contribution in [0.15, 0.2) is 0 Å². The highest BCUT2D eigenvalue weighted by Gasteiger charge is 2.32.